The third-order valence-electron chi connectivity index (χ3n) is 1.28. The molecule has 9 heteroatoms. The summed E-state index contributed by atoms with van der Waals surface area (Å²) < 4.78 is 61.6. The minimum absolute atomic E-state index is 0.275. The second-order valence-corrected chi connectivity index (χ2v) is 2.34. The number of halogens is 4. The normalized spacial score (nSPS) is 39.1. The maximum atomic E-state index is 11.6. The summed E-state index contributed by atoms with van der Waals surface area (Å²) in [6.45, 7) is -0.275. The van der Waals surface area contributed by atoms with Gasteiger partial charge in [0, 0.05) is 0 Å². The summed E-state index contributed by atoms with van der Waals surface area (Å²) in [6.07, 6.45) is -9.55. The molecule has 0 aromatic carbocycles. The first kappa shape index (κ1) is 12.0. The smallest absolute Gasteiger partial charge is 0.392 e. The molecule has 2 aliphatic heterocycles. The van der Waals surface area contributed by atoms with Crippen LogP contribution >= 0.6 is 0 Å². The van der Waals surface area contributed by atoms with Crippen molar-refractivity contribution in [1.82, 2.24) is 0 Å². The van der Waals surface area contributed by atoms with Gasteiger partial charge in [0.05, 0.1) is 0 Å². The van der Waals surface area contributed by atoms with E-state index in [1.165, 1.54) is 0 Å². The highest BCUT2D eigenvalue weighted by molar-refractivity contribution is 5.61. The molecule has 0 radical (unpaired) electrons. The lowest BCUT2D eigenvalue weighted by atomic mass is 10.7. The van der Waals surface area contributed by atoms with E-state index < -0.39 is 31.6 Å². The van der Waals surface area contributed by atoms with Gasteiger partial charge in [-0.1, -0.05) is 0 Å². The van der Waals surface area contributed by atoms with Gasteiger partial charge in [-0.05, 0) is 0 Å². The van der Waals surface area contributed by atoms with Gasteiger partial charge >= 0.3 is 18.9 Å². The second kappa shape index (κ2) is 5.12. The van der Waals surface area contributed by atoms with E-state index in [0.29, 0.717) is 0 Å². The van der Waals surface area contributed by atoms with E-state index in [9.17, 15) is 22.4 Å². The predicted octanol–water partition coefficient (Wildman–Crippen LogP) is 1.33. The van der Waals surface area contributed by atoms with Gasteiger partial charge in [-0.15, -0.1) is 0 Å². The Hall–Kier alpha value is -1.09. The lowest BCUT2D eigenvalue weighted by Crippen LogP contribution is -2.09. The summed E-state index contributed by atoms with van der Waals surface area (Å²) in [4.78, 5) is 9.74. The number of carbonyl (C=O) groups is 1. The summed E-state index contributed by atoms with van der Waals surface area (Å²) in [5.74, 6) is 0. The number of carbonyl (C=O) groups excluding carboxylic acids is 1. The SMILES string of the molecule is F[C@@H]1OCO[C@@H]1F.O=C1O[C@@H](F)[C@H](F)O1. The van der Waals surface area contributed by atoms with Crippen molar-refractivity contribution in [2.75, 3.05) is 6.79 Å². The van der Waals surface area contributed by atoms with E-state index in [2.05, 4.69) is 18.9 Å². The number of cyclic esters (lactones) is 2. The van der Waals surface area contributed by atoms with Crippen LogP contribution in [0.2, 0.25) is 0 Å². The molecule has 2 aliphatic rings. The van der Waals surface area contributed by atoms with Crippen LogP contribution in [-0.4, -0.2) is 38.4 Å². The van der Waals surface area contributed by atoms with Gasteiger partial charge in [-0.2, -0.15) is 8.78 Å². The molecule has 5 nitrogen and oxygen atoms in total. The van der Waals surface area contributed by atoms with Crippen LogP contribution in [-0.2, 0) is 18.9 Å². The molecule has 2 rings (SSSR count). The van der Waals surface area contributed by atoms with E-state index in [-0.39, 0.29) is 6.79 Å². The summed E-state index contributed by atoms with van der Waals surface area (Å²) in [6, 6.07) is 0. The average Bonchev–Trinajstić information content (AvgIpc) is 2.63. The fourth-order valence-electron chi connectivity index (χ4n) is 0.639. The van der Waals surface area contributed by atoms with Crippen molar-refractivity contribution in [3.8, 4) is 0 Å². The quantitative estimate of drug-likeness (QED) is 0.467. The molecule has 0 amide bonds. The lowest BCUT2D eigenvalue weighted by molar-refractivity contribution is -0.0349. The molecule has 0 aromatic heterocycles. The van der Waals surface area contributed by atoms with Crippen molar-refractivity contribution in [3.05, 3.63) is 0 Å². The molecule has 0 N–H and O–H groups in total. The Kier molecular flexibility index (Phi) is 4.09. The lowest BCUT2D eigenvalue weighted by Gasteiger charge is -1.94. The fraction of sp³-hybridized carbons (Fsp3) is 0.833. The summed E-state index contributed by atoms with van der Waals surface area (Å²) in [7, 11) is 0. The van der Waals surface area contributed by atoms with Crippen LogP contribution in [0.15, 0.2) is 0 Å². The monoisotopic (exact) mass is 234 g/mol. The molecule has 4 atom stereocenters. The van der Waals surface area contributed by atoms with E-state index in [4.69, 9.17) is 0 Å². The Labute approximate surface area is 80.8 Å². The van der Waals surface area contributed by atoms with E-state index in [1.807, 2.05) is 0 Å². The molecule has 88 valence electrons. The average molecular weight is 234 g/mol. The zero-order chi connectivity index (χ0) is 11.4. The van der Waals surface area contributed by atoms with E-state index in [1.54, 1.807) is 0 Å². The number of alkyl halides is 4. The Balaban J connectivity index is 0.000000151. The van der Waals surface area contributed by atoms with Crippen molar-refractivity contribution in [3.63, 3.8) is 0 Å². The van der Waals surface area contributed by atoms with Gasteiger partial charge in [0.15, 0.2) is 6.79 Å². The van der Waals surface area contributed by atoms with Crippen molar-refractivity contribution >= 4 is 6.16 Å². The Bertz CT molecular complexity index is 208. The molecule has 0 aromatic rings. The highest BCUT2D eigenvalue weighted by atomic mass is 19.2. The third-order valence-corrected chi connectivity index (χ3v) is 1.28. The molecule has 0 aliphatic carbocycles. The molecular formula is C6H6F4O5. The van der Waals surface area contributed by atoms with Crippen molar-refractivity contribution in [2.24, 2.45) is 0 Å². The van der Waals surface area contributed by atoms with Crippen LogP contribution in [0.5, 0.6) is 0 Å². The number of hydrogen-bond acceptors (Lipinski definition) is 5. The zero-order valence-electron chi connectivity index (χ0n) is 7.07. The van der Waals surface area contributed by atoms with Gasteiger partial charge in [0.25, 0.3) is 12.7 Å². The first-order valence-electron chi connectivity index (χ1n) is 3.67. The molecular weight excluding hydrogens is 228 g/mol. The van der Waals surface area contributed by atoms with Crippen LogP contribution in [0.3, 0.4) is 0 Å². The van der Waals surface area contributed by atoms with Crippen molar-refractivity contribution in [1.29, 1.82) is 0 Å². The minimum Gasteiger partial charge on any atom is -0.392 e. The van der Waals surface area contributed by atoms with Gasteiger partial charge in [0.2, 0.25) is 0 Å². The standard InChI is InChI=1S/C3H2F2O3.C3H4F2O2/c4-1-2(5)8-3(6)7-1;4-2-3(5)7-1-6-2/h1-2H;2-3H,1H2/t1-,2-;2-,3+/m1./s1. The Morgan fingerprint density at radius 2 is 1.27 bits per heavy atom. The topological polar surface area (TPSA) is 54.0 Å². The molecule has 0 unspecified atom stereocenters. The van der Waals surface area contributed by atoms with Gasteiger partial charge < -0.3 is 18.9 Å². The highest BCUT2D eigenvalue weighted by Gasteiger charge is 2.36. The third kappa shape index (κ3) is 3.51. The number of hydrogen-bond donors (Lipinski definition) is 0. The van der Waals surface area contributed by atoms with Crippen LogP contribution < -0.4 is 0 Å². The van der Waals surface area contributed by atoms with Crippen LogP contribution in [0.4, 0.5) is 22.4 Å². The summed E-state index contributed by atoms with van der Waals surface area (Å²) >= 11 is 0. The summed E-state index contributed by atoms with van der Waals surface area (Å²) in [5.41, 5.74) is 0. The largest absolute Gasteiger partial charge is 0.513 e. The molecule has 0 saturated carbocycles. The molecule has 0 spiro atoms. The molecule has 0 bridgehead atoms. The molecule has 15 heavy (non-hydrogen) atoms. The predicted molar refractivity (Wildman–Crippen MR) is 34.2 cm³/mol. The molecule has 2 fully saturated rings. The Morgan fingerprint density at radius 3 is 1.40 bits per heavy atom. The number of ether oxygens (including phenoxy) is 4. The van der Waals surface area contributed by atoms with Crippen LogP contribution in [0.25, 0.3) is 0 Å². The summed E-state index contributed by atoms with van der Waals surface area (Å²) in [5, 5.41) is 0. The highest BCUT2D eigenvalue weighted by Crippen LogP contribution is 2.16. The maximum absolute atomic E-state index is 11.6. The Morgan fingerprint density at radius 1 is 0.867 bits per heavy atom. The van der Waals surface area contributed by atoms with Crippen LogP contribution in [0, 0.1) is 0 Å². The van der Waals surface area contributed by atoms with E-state index >= 15 is 0 Å². The van der Waals surface area contributed by atoms with Gasteiger partial charge in [-0.25, -0.2) is 13.6 Å². The maximum Gasteiger partial charge on any atom is 0.513 e. The number of rotatable bonds is 0. The fourth-order valence-corrected chi connectivity index (χ4v) is 0.639. The van der Waals surface area contributed by atoms with E-state index in [0.717, 1.165) is 0 Å². The first-order chi connectivity index (χ1) is 7.00. The first-order valence-corrected chi connectivity index (χ1v) is 3.67. The minimum atomic E-state index is -2.25. The van der Waals surface area contributed by atoms with Gasteiger partial charge in [-0.3, -0.25) is 0 Å². The van der Waals surface area contributed by atoms with Gasteiger partial charge in [0.1, 0.15) is 0 Å². The molecule has 2 heterocycles. The van der Waals surface area contributed by atoms with Crippen LogP contribution in [0.1, 0.15) is 0 Å². The zero-order valence-corrected chi connectivity index (χ0v) is 7.07. The second-order valence-electron chi connectivity index (χ2n) is 2.34. The molecule has 2 saturated heterocycles. The van der Waals surface area contributed by atoms with Crippen molar-refractivity contribution in [2.45, 2.75) is 25.4 Å². The van der Waals surface area contributed by atoms with Crippen molar-refractivity contribution < 1.29 is 41.3 Å².